The third kappa shape index (κ3) is 24.5. The molecular formula is C52H89N11O10. The minimum absolute atomic E-state index is 0.00363. The summed E-state index contributed by atoms with van der Waals surface area (Å²) in [6, 6.07) is 1.63. The molecule has 0 bridgehead atoms. The van der Waals surface area contributed by atoms with Crippen molar-refractivity contribution in [2.24, 2.45) is 46.6 Å². The summed E-state index contributed by atoms with van der Waals surface area (Å²) in [4.78, 5) is 126. The Labute approximate surface area is 432 Å². The van der Waals surface area contributed by atoms with Crippen LogP contribution in [0.3, 0.4) is 0 Å². The molecule has 0 aliphatic carbocycles. The van der Waals surface area contributed by atoms with Crippen molar-refractivity contribution in [2.45, 2.75) is 180 Å². The van der Waals surface area contributed by atoms with Gasteiger partial charge in [-0.15, -0.1) is 0 Å². The van der Waals surface area contributed by atoms with Gasteiger partial charge in [0.05, 0.1) is 24.6 Å². The number of rotatable bonds is 25. The Morgan fingerprint density at radius 3 is 1.78 bits per heavy atom. The normalized spacial score (nSPS) is 23.3. The molecule has 1 heterocycles. The first-order chi connectivity index (χ1) is 34.8. The molecule has 2 rings (SSSR count). The van der Waals surface area contributed by atoms with Crippen molar-refractivity contribution >= 4 is 52.9 Å². The molecule has 0 aromatic heterocycles. The Hall–Kier alpha value is -5.35. The fraction of sp³-hybridized carbons (Fsp3) is 0.712. The average molecular weight is 1030 g/mol. The molecule has 73 heavy (non-hydrogen) atoms. The maximum atomic E-state index is 14.5. The Morgan fingerprint density at radius 2 is 1.18 bits per heavy atom. The molecule has 0 radical (unpaired) electrons. The van der Waals surface area contributed by atoms with E-state index in [1.807, 2.05) is 27.7 Å². The third-order valence-electron chi connectivity index (χ3n) is 12.8. The number of unbranched alkanes of at least 4 members (excludes halogenated alkanes) is 4. The molecule has 1 fully saturated rings. The third-order valence-corrected chi connectivity index (χ3v) is 12.8. The number of carbonyl (C=O) groups is 9. The van der Waals surface area contributed by atoms with Gasteiger partial charge >= 0.3 is 0 Å². The van der Waals surface area contributed by atoms with Crippen LogP contribution in [-0.2, 0) is 49.6 Å². The van der Waals surface area contributed by atoms with E-state index in [1.165, 1.54) is 0 Å². The number of benzene rings is 1. The SMILES string of the molecule is CCCCCCC[C@@H](O)CC(=O)N[C@H](CCN)C(=O)C[C@H]1CCNC(=O)[C@H](CC(C)C)NC(=O)[C@H](CCN)NC(=O)[C@H](CN)NC(=O)[C@H](CC(C)C)NC(=O)[C@@H](Cc2ccccc2)CC(=O)[C@H](CCN)NC1=O. The van der Waals surface area contributed by atoms with Gasteiger partial charge in [-0.2, -0.15) is 0 Å². The van der Waals surface area contributed by atoms with E-state index >= 15 is 0 Å². The van der Waals surface area contributed by atoms with E-state index in [1.54, 1.807) is 30.3 Å². The lowest BCUT2D eigenvalue weighted by atomic mass is 9.89. The molecule has 21 nitrogen and oxygen atoms in total. The zero-order valence-electron chi connectivity index (χ0n) is 44.0. The molecule has 9 atom stereocenters. The van der Waals surface area contributed by atoms with E-state index in [2.05, 4.69) is 44.1 Å². The van der Waals surface area contributed by atoms with E-state index < -0.39 is 120 Å². The van der Waals surface area contributed by atoms with Gasteiger partial charge in [0.2, 0.25) is 41.4 Å². The van der Waals surface area contributed by atoms with E-state index in [9.17, 15) is 48.3 Å². The first-order valence-electron chi connectivity index (χ1n) is 26.4. The Kier molecular flexibility index (Phi) is 30.5. The van der Waals surface area contributed by atoms with E-state index in [0.29, 0.717) is 12.0 Å². The number of aliphatic hydroxyl groups excluding tert-OH is 1. The second-order valence-corrected chi connectivity index (χ2v) is 20.2. The molecule has 0 spiro atoms. The monoisotopic (exact) mass is 1030 g/mol. The predicted octanol–water partition coefficient (Wildman–Crippen LogP) is 0.0174. The quantitative estimate of drug-likeness (QED) is 0.0575. The van der Waals surface area contributed by atoms with Crippen molar-refractivity contribution < 1.29 is 48.3 Å². The lowest BCUT2D eigenvalue weighted by Crippen LogP contribution is -2.60. The van der Waals surface area contributed by atoms with Crippen molar-refractivity contribution in [1.82, 2.24) is 37.2 Å². The standard InChI is InChI=1S/C52H89N11O10/c1-6-7-8-9-13-16-37(64)30-46(67)58-38(17-21-53)44(65)28-35-20-24-57-49(70)41(25-32(2)3)62-50(71)40(19-23-55)60-52(73)43(31-56)63-51(72)42(26-33(4)5)61-48(69)36(27-34-14-11-10-12-15-34)29-45(66)39(18-22-54)59-47(35)68/h10-12,14-15,32-33,35-43,64H,6-9,13,16-31,53-56H2,1-5H3,(H,57,70)(H,58,67)(H,59,68)(H,60,73)(H,61,69)(H,62,71)(H,63,72)/t35-,36+,37-,38-,39+,40+,41+,42+,43+/m1/s1. The summed E-state index contributed by atoms with van der Waals surface area (Å²) in [6.45, 7) is 8.80. The number of amides is 7. The number of nitrogens with one attached hydrogen (secondary N) is 7. The minimum atomic E-state index is -1.35. The topological polar surface area (TPSA) is 362 Å². The Bertz CT molecular complexity index is 1910. The maximum absolute atomic E-state index is 14.5. The van der Waals surface area contributed by atoms with Gasteiger partial charge in [0.25, 0.3) is 0 Å². The highest BCUT2D eigenvalue weighted by Crippen LogP contribution is 2.20. The number of hydrogen-bond donors (Lipinski definition) is 12. The zero-order chi connectivity index (χ0) is 54.5. The van der Waals surface area contributed by atoms with Crippen molar-refractivity contribution in [3.05, 3.63) is 35.9 Å². The van der Waals surface area contributed by atoms with Gasteiger partial charge in [-0.3, -0.25) is 43.2 Å². The lowest BCUT2D eigenvalue weighted by Gasteiger charge is -2.27. The van der Waals surface area contributed by atoms with E-state index in [0.717, 1.165) is 32.1 Å². The summed E-state index contributed by atoms with van der Waals surface area (Å²) < 4.78 is 0. The number of Topliss-reactive ketones (excluding diaryl/α,β-unsaturated/α-hetero) is 2. The summed E-state index contributed by atoms with van der Waals surface area (Å²) in [7, 11) is 0. The van der Waals surface area contributed by atoms with Crippen LogP contribution >= 0.6 is 0 Å². The van der Waals surface area contributed by atoms with Crippen molar-refractivity contribution in [3.8, 4) is 0 Å². The van der Waals surface area contributed by atoms with Gasteiger partial charge in [0, 0.05) is 37.8 Å². The molecular weight excluding hydrogens is 939 g/mol. The van der Waals surface area contributed by atoms with Crippen LogP contribution in [0.1, 0.15) is 136 Å². The van der Waals surface area contributed by atoms with Crippen LogP contribution in [0.5, 0.6) is 0 Å². The van der Waals surface area contributed by atoms with Crippen molar-refractivity contribution in [1.29, 1.82) is 0 Å². The number of aliphatic hydroxyl groups is 1. The summed E-state index contributed by atoms with van der Waals surface area (Å²) in [6.07, 6.45) is 3.38. The largest absolute Gasteiger partial charge is 0.393 e. The first kappa shape index (κ1) is 63.8. The Morgan fingerprint density at radius 1 is 0.644 bits per heavy atom. The van der Waals surface area contributed by atoms with Gasteiger partial charge in [-0.05, 0) is 88.4 Å². The summed E-state index contributed by atoms with van der Waals surface area (Å²) >= 11 is 0. The van der Waals surface area contributed by atoms with Crippen LogP contribution in [0.15, 0.2) is 30.3 Å². The fourth-order valence-corrected chi connectivity index (χ4v) is 8.73. The molecule has 412 valence electrons. The first-order valence-corrected chi connectivity index (χ1v) is 26.4. The van der Waals surface area contributed by atoms with Crippen molar-refractivity contribution in [3.63, 3.8) is 0 Å². The predicted molar refractivity (Wildman–Crippen MR) is 279 cm³/mol. The molecule has 1 aromatic rings. The van der Waals surface area contributed by atoms with Crippen LogP contribution in [-0.4, -0.2) is 133 Å². The van der Waals surface area contributed by atoms with E-state index in [-0.39, 0.29) is 95.9 Å². The maximum Gasteiger partial charge on any atom is 0.244 e. The summed E-state index contributed by atoms with van der Waals surface area (Å²) in [5, 5.41) is 29.6. The fourth-order valence-electron chi connectivity index (χ4n) is 8.73. The van der Waals surface area contributed by atoms with E-state index in [4.69, 9.17) is 22.9 Å². The smallest absolute Gasteiger partial charge is 0.244 e. The molecule has 1 aliphatic rings. The Balaban J connectivity index is 2.66. The highest BCUT2D eigenvalue weighted by molar-refractivity contribution is 5.98. The molecule has 0 saturated carbocycles. The molecule has 0 unspecified atom stereocenters. The molecule has 1 aromatic carbocycles. The number of hydrogen-bond acceptors (Lipinski definition) is 14. The van der Waals surface area contributed by atoms with Gasteiger partial charge < -0.3 is 65.3 Å². The second kappa shape index (κ2) is 35.0. The molecule has 16 N–H and O–H groups in total. The van der Waals surface area contributed by atoms with Gasteiger partial charge in [-0.25, -0.2) is 0 Å². The van der Waals surface area contributed by atoms with Crippen LogP contribution in [0.4, 0.5) is 0 Å². The number of nitrogens with two attached hydrogens (primary N) is 4. The van der Waals surface area contributed by atoms with Gasteiger partial charge in [0.15, 0.2) is 11.6 Å². The van der Waals surface area contributed by atoms with Crippen LogP contribution in [0.25, 0.3) is 0 Å². The van der Waals surface area contributed by atoms with Gasteiger partial charge in [-0.1, -0.05) is 97.1 Å². The molecule has 1 aliphatic heterocycles. The van der Waals surface area contributed by atoms with Crippen LogP contribution in [0.2, 0.25) is 0 Å². The highest BCUT2D eigenvalue weighted by atomic mass is 16.3. The van der Waals surface area contributed by atoms with Crippen molar-refractivity contribution in [2.75, 3.05) is 32.7 Å². The molecule has 1 saturated heterocycles. The lowest BCUT2D eigenvalue weighted by molar-refractivity contribution is -0.136. The summed E-state index contributed by atoms with van der Waals surface area (Å²) in [5.41, 5.74) is 24.5. The molecule has 21 heteroatoms. The zero-order valence-corrected chi connectivity index (χ0v) is 44.0. The minimum Gasteiger partial charge on any atom is -0.393 e. The van der Waals surface area contributed by atoms with Gasteiger partial charge in [0.1, 0.15) is 24.2 Å². The van der Waals surface area contributed by atoms with Crippen LogP contribution in [0, 0.1) is 23.7 Å². The highest BCUT2D eigenvalue weighted by Gasteiger charge is 2.36. The second-order valence-electron chi connectivity index (χ2n) is 20.2. The number of carbonyl (C=O) groups excluding carboxylic acids is 9. The number of ketones is 2. The molecule has 7 amide bonds. The van der Waals surface area contributed by atoms with Crippen LogP contribution < -0.4 is 60.2 Å². The average Bonchev–Trinajstić information content (AvgIpc) is 3.33. The summed E-state index contributed by atoms with van der Waals surface area (Å²) in [5.74, 6) is -8.45.